The second kappa shape index (κ2) is 7.64. The van der Waals surface area contributed by atoms with Crippen molar-refractivity contribution in [3.63, 3.8) is 0 Å². The molecule has 1 aromatic carbocycles. The van der Waals surface area contributed by atoms with Crippen molar-refractivity contribution in [2.45, 2.75) is 26.0 Å². The largest absolute Gasteiger partial charge is 0.371 e. The highest BCUT2D eigenvalue weighted by atomic mass is 35.5. The van der Waals surface area contributed by atoms with Crippen LogP contribution in [0.3, 0.4) is 0 Å². The maximum absolute atomic E-state index is 12.2. The van der Waals surface area contributed by atoms with Gasteiger partial charge < -0.3 is 9.64 Å². The summed E-state index contributed by atoms with van der Waals surface area (Å²) in [6.07, 6.45) is -0.0827. The van der Waals surface area contributed by atoms with Crippen molar-refractivity contribution < 1.29 is 9.53 Å². The van der Waals surface area contributed by atoms with Crippen molar-refractivity contribution >= 4 is 29.1 Å². The number of likely N-dealkylation sites (N-methyl/N-ethyl adjacent to an activating group) is 1. The molecule has 1 aliphatic rings. The molecule has 1 saturated heterocycles. The highest BCUT2D eigenvalue weighted by Gasteiger charge is 2.25. The number of hydrogen-bond donors (Lipinski definition) is 0. The molecule has 4 nitrogen and oxygen atoms in total. The fourth-order valence-corrected chi connectivity index (χ4v) is 2.66. The van der Waals surface area contributed by atoms with E-state index in [1.807, 2.05) is 33.0 Å². The first-order valence-electron chi connectivity index (χ1n) is 7.43. The number of hydrogen-bond acceptors (Lipinski definition) is 3. The quantitative estimate of drug-likeness (QED) is 0.840. The molecule has 6 heteroatoms. The zero-order chi connectivity index (χ0) is 16.3. The molecule has 1 amide bonds. The molecule has 1 heterocycles. The molecule has 0 aromatic heterocycles. The SMILES string of the molecule is CC(C)N(C)C(=O)CN1CCOC(c2ccc(Cl)c(Cl)c2)C1. The van der Waals surface area contributed by atoms with Gasteiger partial charge in [0.1, 0.15) is 0 Å². The third-order valence-electron chi connectivity index (χ3n) is 3.99. The third kappa shape index (κ3) is 4.35. The number of halogens is 2. The summed E-state index contributed by atoms with van der Waals surface area (Å²) in [4.78, 5) is 16.1. The molecule has 0 spiro atoms. The van der Waals surface area contributed by atoms with E-state index in [-0.39, 0.29) is 18.1 Å². The number of rotatable bonds is 4. The van der Waals surface area contributed by atoms with Crippen molar-refractivity contribution in [1.82, 2.24) is 9.80 Å². The summed E-state index contributed by atoms with van der Waals surface area (Å²) < 4.78 is 5.81. The van der Waals surface area contributed by atoms with E-state index in [2.05, 4.69) is 4.90 Å². The van der Waals surface area contributed by atoms with Gasteiger partial charge >= 0.3 is 0 Å². The number of nitrogens with zero attached hydrogens (tertiary/aromatic N) is 2. The molecule has 1 fully saturated rings. The summed E-state index contributed by atoms with van der Waals surface area (Å²) >= 11 is 12.0. The molecular formula is C16H22Cl2N2O2. The Kier molecular flexibility index (Phi) is 6.09. The molecule has 1 aliphatic heterocycles. The van der Waals surface area contributed by atoms with Crippen LogP contribution in [0.5, 0.6) is 0 Å². The van der Waals surface area contributed by atoms with E-state index < -0.39 is 0 Å². The number of morpholine rings is 1. The van der Waals surface area contributed by atoms with E-state index in [1.54, 1.807) is 11.0 Å². The first-order chi connectivity index (χ1) is 10.4. The smallest absolute Gasteiger partial charge is 0.236 e. The van der Waals surface area contributed by atoms with Crippen LogP contribution >= 0.6 is 23.2 Å². The van der Waals surface area contributed by atoms with Crippen LogP contribution in [0.25, 0.3) is 0 Å². The molecule has 122 valence electrons. The van der Waals surface area contributed by atoms with Gasteiger partial charge in [0, 0.05) is 26.2 Å². The molecule has 0 bridgehead atoms. The van der Waals surface area contributed by atoms with Gasteiger partial charge in [-0.05, 0) is 31.5 Å². The Morgan fingerprint density at radius 1 is 1.41 bits per heavy atom. The van der Waals surface area contributed by atoms with Gasteiger partial charge in [0.2, 0.25) is 5.91 Å². The molecule has 0 N–H and O–H groups in total. The maximum Gasteiger partial charge on any atom is 0.236 e. The molecule has 1 atom stereocenters. The van der Waals surface area contributed by atoms with Crippen molar-refractivity contribution in [2.75, 3.05) is 33.3 Å². The lowest BCUT2D eigenvalue weighted by atomic mass is 10.1. The molecular weight excluding hydrogens is 323 g/mol. The Labute approximate surface area is 141 Å². The molecule has 2 rings (SSSR count). The van der Waals surface area contributed by atoms with E-state index in [9.17, 15) is 4.79 Å². The van der Waals surface area contributed by atoms with Gasteiger partial charge in [-0.25, -0.2) is 0 Å². The number of benzene rings is 1. The summed E-state index contributed by atoms with van der Waals surface area (Å²) in [5.41, 5.74) is 0.990. The van der Waals surface area contributed by atoms with E-state index in [0.717, 1.165) is 12.1 Å². The first kappa shape index (κ1) is 17.5. The van der Waals surface area contributed by atoms with Crippen LogP contribution < -0.4 is 0 Å². The predicted octanol–water partition coefficient (Wildman–Crippen LogP) is 3.23. The number of amides is 1. The summed E-state index contributed by atoms with van der Waals surface area (Å²) in [5.74, 6) is 0.129. The predicted molar refractivity (Wildman–Crippen MR) is 89.5 cm³/mol. The van der Waals surface area contributed by atoms with Crippen molar-refractivity contribution in [1.29, 1.82) is 0 Å². The minimum absolute atomic E-state index is 0.0827. The van der Waals surface area contributed by atoms with Crippen LogP contribution in [0.1, 0.15) is 25.5 Å². The Bertz CT molecular complexity index is 537. The summed E-state index contributed by atoms with van der Waals surface area (Å²) in [7, 11) is 1.84. The summed E-state index contributed by atoms with van der Waals surface area (Å²) in [5, 5.41) is 1.06. The molecule has 22 heavy (non-hydrogen) atoms. The zero-order valence-corrected chi connectivity index (χ0v) is 14.7. The molecule has 0 aliphatic carbocycles. The normalized spacial score (nSPS) is 19.5. The van der Waals surface area contributed by atoms with Gasteiger partial charge in [0.15, 0.2) is 0 Å². The summed E-state index contributed by atoms with van der Waals surface area (Å²) in [6.45, 7) is 6.47. The van der Waals surface area contributed by atoms with Crippen molar-refractivity contribution in [3.8, 4) is 0 Å². The lowest BCUT2D eigenvalue weighted by molar-refractivity contribution is -0.134. The van der Waals surface area contributed by atoms with Gasteiger partial charge in [-0.15, -0.1) is 0 Å². The van der Waals surface area contributed by atoms with Crippen molar-refractivity contribution in [2.24, 2.45) is 0 Å². The lowest BCUT2D eigenvalue weighted by Crippen LogP contribution is -2.46. The highest BCUT2D eigenvalue weighted by molar-refractivity contribution is 6.42. The van der Waals surface area contributed by atoms with Gasteiger partial charge in [0.25, 0.3) is 0 Å². The van der Waals surface area contributed by atoms with Crippen molar-refractivity contribution in [3.05, 3.63) is 33.8 Å². The monoisotopic (exact) mass is 344 g/mol. The third-order valence-corrected chi connectivity index (χ3v) is 4.73. The second-order valence-corrected chi connectivity index (χ2v) is 6.68. The fourth-order valence-electron chi connectivity index (χ4n) is 2.35. The zero-order valence-electron chi connectivity index (χ0n) is 13.2. The fraction of sp³-hybridized carbons (Fsp3) is 0.562. The number of carbonyl (C=O) groups is 1. The van der Waals surface area contributed by atoms with E-state index in [1.165, 1.54) is 0 Å². The van der Waals surface area contributed by atoms with Crippen LogP contribution in [-0.2, 0) is 9.53 Å². The molecule has 1 unspecified atom stereocenters. The van der Waals surface area contributed by atoms with Crippen LogP contribution in [0.4, 0.5) is 0 Å². The van der Waals surface area contributed by atoms with Gasteiger partial charge in [-0.2, -0.15) is 0 Å². The Morgan fingerprint density at radius 3 is 2.77 bits per heavy atom. The lowest BCUT2D eigenvalue weighted by Gasteiger charge is -2.34. The average Bonchev–Trinajstić information content (AvgIpc) is 2.49. The minimum atomic E-state index is -0.0827. The Balaban J connectivity index is 1.99. The molecule has 1 aromatic rings. The Hall–Kier alpha value is -0.810. The molecule has 0 radical (unpaired) electrons. The summed E-state index contributed by atoms with van der Waals surface area (Å²) in [6, 6.07) is 5.74. The average molecular weight is 345 g/mol. The van der Waals surface area contributed by atoms with Crippen LogP contribution in [0, 0.1) is 0 Å². The second-order valence-electron chi connectivity index (χ2n) is 5.87. The number of ether oxygens (including phenoxy) is 1. The standard InChI is InChI=1S/C16H22Cl2N2O2/c1-11(2)19(3)16(21)10-20-6-7-22-15(9-20)12-4-5-13(17)14(18)8-12/h4-5,8,11,15H,6-7,9-10H2,1-3H3. The minimum Gasteiger partial charge on any atom is -0.371 e. The number of carbonyl (C=O) groups excluding carboxylic acids is 1. The van der Waals surface area contributed by atoms with Gasteiger partial charge in [0.05, 0.1) is 29.3 Å². The van der Waals surface area contributed by atoms with Crippen LogP contribution in [0.15, 0.2) is 18.2 Å². The van der Waals surface area contributed by atoms with Gasteiger partial charge in [-0.1, -0.05) is 29.3 Å². The topological polar surface area (TPSA) is 32.8 Å². The highest BCUT2D eigenvalue weighted by Crippen LogP contribution is 2.29. The first-order valence-corrected chi connectivity index (χ1v) is 8.18. The Morgan fingerprint density at radius 2 is 2.14 bits per heavy atom. The van der Waals surface area contributed by atoms with Crippen LogP contribution in [0.2, 0.25) is 10.0 Å². The van der Waals surface area contributed by atoms with Gasteiger partial charge in [-0.3, -0.25) is 9.69 Å². The maximum atomic E-state index is 12.2. The van der Waals surface area contributed by atoms with E-state index in [4.69, 9.17) is 27.9 Å². The molecule has 0 saturated carbocycles. The van der Waals surface area contributed by atoms with E-state index in [0.29, 0.717) is 29.7 Å². The van der Waals surface area contributed by atoms with Crippen LogP contribution in [-0.4, -0.2) is 55.0 Å². The van der Waals surface area contributed by atoms with E-state index >= 15 is 0 Å².